The van der Waals surface area contributed by atoms with E-state index in [1.165, 1.54) is 16.7 Å². The quantitative estimate of drug-likeness (QED) is 0.326. The summed E-state index contributed by atoms with van der Waals surface area (Å²) in [4.78, 5) is 28.4. The van der Waals surface area contributed by atoms with Crippen LogP contribution in [0.3, 0.4) is 0 Å². The van der Waals surface area contributed by atoms with Gasteiger partial charge in [0.1, 0.15) is 5.60 Å². The van der Waals surface area contributed by atoms with Crippen molar-refractivity contribution in [2.45, 2.75) is 84.8 Å². The first kappa shape index (κ1) is 27.6. The summed E-state index contributed by atoms with van der Waals surface area (Å²) in [5.74, 6) is -0.617. The van der Waals surface area contributed by atoms with Crippen molar-refractivity contribution in [3.8, 4) is 11.1 Å². The first-order valence-corrected chi connectivity index (χ1v) is 13.3. The van der Waals surface area contributed by atoms with Crippen molar-refractivity contribution in [2.24, 2.45) is 0 Å². The lowest BCUT2D eigenvalue weighted by Crippen LogP contribution is -2.52. The highest BCUT2D eigenvalue weighted by Gasteiger charge is 2.43. The highest BCUT2D eigenvalue weighted by Crippen LogP contribution is 2.30. The van der Waals surface area contributed by atoms with E-state index in [9.17, 15) is 9.59 Å². The van der Waals surface area contributed by atoms with Crippen LogP contribution >= 0.6 is 0 Å². The van der Waals surface area contributed by atoms with E-state index in [2.05, 4.69) is 42.5 Å². The summed E-state index contributed by atoms with van der Waals surface area (Å²) in [6, 6.07) is 24.0. The van der Waals surface area contributed by atoms with Gasteiger partial charge in [0.15, 0.2) is 6.04 Å². The number of nitrogens with zero attached hydrogens (tertiary/aromatic N) is 1. The molecular formula is C33H39NO4. The molecule has 0 aromatic heterocycles. The van der Waals surface area contributed by atoms with E-state index in [-0.39, 0.29) is 5.91 Å². The minimum absolute atomic E-state index is 0.168. The first-order valence-electron chi connectivity index (χ1n) is 13.3. The lowest BCUT2D eigenvalue weighted by atomic mass is 9.98. The van der Waals surface area contributed by atoms with Crippen molar-refractivity contribution in [2.75, 3.05) is 0 Å². The van der Waals surface area contributed by atoms with Crippen LogP contribution in [-0.2, 0) is 27.2 Å². The molecule has 38 heavy (non-hydrogen) atoms. The molecule has 0 spiro atoms. The molecule has 1 aliphatic heterocycles. The first-order chi connectivity index (χ1) is 17.8. The number of rotatable bonds is 7. The third-order valence-corrected chi connectivity index (χ3v) is 6.44. The van der Waals surface area contributed by atoms with Crippen molar-refractivity contribution >= 4 is 11.9 Å². The largest absolute Gasteiger partial charge is 0.458 e. The Kier molecular flexibility index (Phi) is 7.80. The normalized spacial score (nSPS) is 15.2. The Morgan fingerprint density at radius 2 is 1.45 bits per heavy atom. The molecule has 1 amide bonds. The van der Waals surface area contributed by atoms with Gasteiger partial charge in [0.25, 0.3) is 5.91 Å². The molecule has 2 atom stereocenters. The molecule has 0 bridgehead atoms. The maximum atomic E-state index is 13.5. The maximum Gasteiger partial charge on any atom is 0.332 e. The highest BCUT2D eigenvalue weighted by atomic mass is 16.6. The molecule has 5 nitrogen and oxygen atoms in total. The Balaban J connectivity index is 1.54. The number of carbonyl (C=O) groups excluding carboxylic acids is 2. The number of hydrogen-bond acceptors (Lipinski definition) is 4. The molecule has 0 fully saturated rings. The average molecular weight is 514 g/mol. The van der Waals surface area contributed by atoms with E-state index in [1.807, 2.05) is 78.8 Å². The van der Waals surface area contributed by atoms with Crippen LogP contribution in [0.2, 0.25) is 0 Å². The van der Waals surface area contributed by atoms with Crippen molar-refractivity contribution in [1.29, 1.82) is 0 Å². The van der Waals surface area contributed by atoms with Gasteiger partial charge in [-0.1, -0.05) is 66.7 Å². The van der Waals surface area contributed by atoms with Gasteiger partial charge in [-0.15, -0.1) is 0 Å². The van der Waals surface area contributed by atoms with Crippen LogP contribution in [-0.4, -0.2) is 40.1 Å². The zero-order valence-electron chi connectivity index (χ0n) is 23.6. The summed E-state index contributed by atoms with van der Waals surface area (Å²) in [5.41, 5.74) is 5.11. The number of hydrogen-bond donors (Lipinski definition) is 0. The van der Waals surface area contributed by atoms with Crippen molar-refractivity contribution in [3.63, 3.8) is 0 Å². The lowest BCUT2D eigenvalue weighted by molar-refractivity contribution is -0.170. The molecule has 0 N–H and O–H groups in total. The van der Waals surface area contributed by atoms with Crippen LogP contribution < -0.4 is 0 Å². The van der Waals surface area contributed by atoms with Crippen LogP contribution in [0.15, 0.2) is 72.8 Å². The molecule has 4 rings (SSSR count). The van der Waals surface area contributed by atoms with Gasteiger partial charge in [0.2, 0.25) is 0 Å². The zero-order valence-corrected chi connectivity index (χ0v) is 23.6. The fourth-order valence-corrected chi connectivity index (χ4v) is 4.97. The Labute approximate surface area is 226 Å². The topological polar surface area (TPSA) is 55.8 Å². The number of carbonyl (C=O) groups is 2. The van der Waals surface area contributed by atoms with Crippen LogP contribution in [0, 0.1) is 0 Å². The van der Waals surface area contributed by atoms with Crippen LogP contribution in [0.25, 0.3) is 11.1 Å². The monoisotopic (exact) mass is 513 g/mol. The van der Waals surface area contributed by atoms with Gasteiger partial charge >= 0.3 is 5.97 Å². The van der Waals surface area contributed by atoms with Crippen LogP contribution in [0.1, 0.15) is 75.5 Å². The highest BCUT2D eigenvalue weighted by molar-refractivity contribution is 6.00. The van der Waals surface area contributed by atoms with E-state index >= 15 is 0 Å². The lowest BCUT2D eigenvalue weighted by Gasteiger charge is -2.36. The molecule has 0 radical (unpaired) electrons. The second kappa shape index (κ2) is 10.7. The Bertz CT molecular complexity index is 1280. The average Bonchev–Trinajstić information content (AvgIpc) is 3.13. The molecule has 0 saturated heterocycles. The molecule has 3 aromatic carbocycles. The van der Waals surface area contributed by atoms with Crippen LogP contribution in [0.4, 0.5) is 0 Å². The third kappa shape index (κ3) is 6.70. The maximum absolute atomic E-state index is 13.5. The number of ether oxygens (including phenoxy) is 2. The van der Waals surface area contributed by atoms with Crippen molar-refractivity contribution < 1.29 is 19.1 Å². The molecule has 1 heterocycles. The van der Waals surface area contributed by atoms with E-state index in [0.29, 0.717) is 12.1 Å². The van der Waals surface area contributed by atoms with Gasteiger partial charge < -0.3 is 14.4 Å². The van der Waals surface area contributed by atoms with Gasteiger partial charge in [0, 0.05) is 12.1 Å². The molecular weight excluding hydrogens is 474 g/mol. The van der Waals surface area contributed by atoms with E-state index in [4.69, 9.17) is 9.47 Å². The van der Waals surface area contributed by atoms with Gasteiger partial charge in [-0.25, -0.2) is 4.79 Å². The molecule has 3 aromatic rings. The fourth-order valence-electron chi connectivity index (χ4n) is 4.97. The molecule has 0 unspecified atom stereocenters. The molecule has 0 saturated carbocycles. The predicted molar refractivity (Wildman–Crippen MR) is 151 cm³/mol. The number of fused-ring (bicyclic) bond motifs is 1. The summed E-state index contributed by atoms with van der Waals surface area (Å²) >= 11 is 0. The number of benzene rings is 3. The zero-order chi connectivity index (χ0) is 27.7. The smallest absolute Gasteiger partial charge is 0.332 e. The SMILES string of the molecule is C[C@@H](OC(C)(C)C)[C@@H](C(=O)OC(C)(C)C)N1Cc2cc(Cc3ccc(-c4ccccc4)cc3)ccc2C1=O. The second-order valence-corrected chi connectivity index (χ2v) is 12.1. The Morgan fingerprint density at radius 3 is 2.05 bits per heavy atom. The Morgan fingerprint density at radius 1 is 0.842 bits per heavy atom. The van der Waals surface area contributed by atoms with Crippen molar-refractivity contribution in [1.82, 2.24) is 4.90 Å². The summed E-state index contributed by atoms with van der Waals surface area (Å²) in [6.45, 7) is 13.5. The summed E-state index contributed by atoms with van der Waals surface area (Å²) in [7, 11) is 0. The molecule has 1 aliphatic rings. The Hall–Kier alpha value is -3.44. The summed E-state index contributed by atoms with van der Waals surface area (Å²) in [6.07, 6.45) is 0.223. The van der Waals surface area contributed by atoms with E-state index < -0.39 is 29.3 Å². The predicted octanol–water partition coefficient (Wildman–Crippen LogP) is 6.81. The van der Waals surface area contributed by atoms with Gasteiger partial charge in [-0.3, -0.25) is 4.79 Å². The minimum atomic E-state index is -0.845. The van der Waals surface area contributed by atoms with Crippen LogP contribution in [0.5, 0.6) is 0 Å². The summed E-state index contributed by atoms with van der Waals surface area (Å²) < 4.78 is 11.9. The molecule has 200 valence electrons. The minimum Gasteiger partial charge on any atom is -0.458 e. The molecule has 0 aliphatic carbocycles. The number of amides is 1. The molecule has 5 heteroatoms. The number of esters is 1. The van der Waals surface area contributed by atoms with Gasteiger partial charge in [-0.2, -0.15) is 0 Å². The van der Waals surface area contributed by atoms with Gasteiger partial charge in [-0.05, 0) is 88.8 Å². The van der Waals surface area contributed by atoms with Gasteiger partial charge in [0.05, 0.1) is 11.7 Å². The third-order valence-electron chi connectivity index (χ3n) is 6.44. The van der Waals surface area contributed by atoms with E-state index in [1.54, 1.807) is 4.90 Å². The second-order valence-electron chi connectivity index (χ2n) is 12.1. The summed E-state index contributed by atoms with van der Waals surface area (Å²) in [5, 5.41) is 0. The standard InChI is InChI=1S/C33H39NO4/c1-22(37-32(2,3)4)29(31(36)38-33(5,6)7)34-21-27-20-24(15-18-28(27)30(34)35)19-23-13-16-26(17-14-23)25-11-9-8-10-12-25/h8-18,20,22,29H,19,21H2,1-7H3/t22-,29+/m1/s1. The fraction of sp³-hybridized carbons (Fsp3) is 0.394. The van der Waals surface area contributed by atoms with E-state index in [0.717, 1.165) is 17.5 Å². The van der Waals surface area contributed by atoms with Crippen molar-refractivity contribution in [3.05, 3.63) is 95.1 Å².